The summed E-state index contributed by atoms with van der Waals surface area (Å²) in [5.74, 6) is -0.250. The van der Waals surface area contributed by atoms with Crippen molar-refractivity contribution >= 4 is 11.6 Å². The van der Waals surface area contributed by atoms with Crippen molar-refractivity contribution in [3.8, 4) is 0 Å². The number of carbonyl (C=O) groups excluding carboxylic acids is 2. The molecule has 0 bridgehead atoms. The van der Waals surface area contributed by atoms with Gasteiger partial charge in [-0.05, 0) is 6.92 Å². The first-order valence-corrected chi connectivity index (χ1v) is 5.31. The molecule has 1 aromatic carbocycles. The average molecular weight is 213 g/mol. The van der Waals surface area contributed by atoms with Crippen LogP contribution >= 0.6 is 0 Å². The SMILES string of the molecule is CC1=CC2C(=O)c3ccccc3C(=O)C2N1. The molecular weight excluding hydrogens is 202 g/mol. The Labute approximate surface area is 93.2 Å². The Bertz CT molecular complexity index is 530. The Morgan fingerprint density at radius 2 is 1.69 bits per heavy atom. The number of hydrogen-bond donors (Lipinski definition) is 1. The molecule has 1 aliphatic heterocycles. The molecule has 3 rings (SSSR count). The van der Waals surface area contributed by atoms with E-state index in [-0.39, 0.29) is 23.5 Å². The van der Waals surface area contributed by atoms with Gasteiger partial charge in [-0.15, -0.1) is 0 Å². The molecule has 2 atom stereocenters. The van der Waals surface area contributed by atoms with Crippen molar-refractivity contribution in [2.45, 2.75) is 13.0 Å². The number of nitrogens with one attached hydrogen (secondary N) is 1. The second kappa shape index (κ2) is 3.04. The zero-order chi connectivity index (χ0) is 11.3. The summed E-state index contributed by atoms with van der Waals surface area (Å²) < 4.78 is 0. The van der Waals surface area contributed by atoms with Gasteiger partial charge in [-0.2, -0.15) is 0 Å². The van der Waals surface area contributed by atoms with Crippen molar-refractivity contribution in [2.24, 2.45) is 5.92 Å². The van der Waals surface area contributed by atoms with Crippen molar-refractivity contribution in [3.05, 3.63) is 47.2 Å². The molecule has 3 nitrogen and oxygen atoms in total. The maximum atomic E-state index is 12.2. The molecule has 3 heteroatoms. The zero-order valence-electron chi connectivity index (χ0n) is 8.86. The van der Waals surface area contributed by atoms with Crippen LogP contribution in [0.3, 0.4) is 0 Å². The van der Waals surface area contributed by atoms with Crippen molar-refractivity contribution in [1.29, 1.82) is 0 Å². The summed E-state index contributed by atoms with van der Waals surface area (Å²) >= 11 is 0. The first-order valence-electron chi connectivity index (χ1n) is 5.31. The largest absolute Gasteiger partial charge is 0.378 e. The monoisotopic (exact) mass is 213 g/mol. The quantitative estimate of drug-likeness (QED) is 0.711. The van der Waals surface area contributed by atoms with Crippen LogP contribution in [-0.4, -0.2) is 17.6 Å². The fourth-order valence-electron chi connectivity index (χ4n) is 2.46. The van der Waals surface area contributed by atoms with Gasteiger partial charge in [0.2, 0.25) is 0 Å². The molecule has 0 spiro atoms. The van der Waals surface area contributed by atoms with Crippen LogP contribution in [0.25, 0.3) is 0 Å². The van der Waals surface area contributed by atoms with E-state index < -0.39 is 0 Å². The van der Waals surface area contributed by atoms with Crippen LogP contribution in [0.5, 0.6) is 0 Å². The second-order valence-corrected chi connectivity index (χ2v) is 4.27. The molecule has 2 unspecified atom stereocenters. The van der Waals surface area contributed by atoms with Gasteiger partial charge in [0.05, 0.1) is 5.92 Å². The normalized spacial score (nSPS) is 26.9. The Balaban J connectivity index is 2.18. The molecule has 1 aliphatic carbocycles. The van der Waals surface area contributed by atoms with Gasteiger partial charge in [-0.1, -0.05) is 30.3 Å². The average Bonchev–Trinajstić information content (AvgIpc) is 2.68. The lowest BCUT2D eigenvalue weighted by Gasteiger charge is -2.25. The summed E-state index contributed by atoms with van der Waals surface area (Å²) in [7, 11) is 0. The van der Waals surface area contributed by atoms with Crippen LogP contribution in [0.4, 0.5) is 0 Å². The lowest BCUT2D eigenvalue weighted by Crippen LogP contribution is -2.44. The maximum absolute atomic E-state index is 12.2. The third-order valence-electron chi connectivity index (χ3n) is 3.22. The number of ketones is 2. The summed E-state index contributed by atoms with van der Waals surface area (Å²) in [5, 5.41) is 3.07. The molecular formula is C13H11NO2. The topological polar surface area (TPSA) is 46.2 Å². The molecule has 0 aromatic heterocycles. The molecule has 0 amide bonds. The van der Waals surface area contributed by atoms with Gasteiger partial charge in [0.1, 0.15) is 6.04 Å². The molecule has 1 N–H and O–H groups in total. The minimum atomic E-state index is -0.387. The van der Waals surface area contributed by atoms with Crippen molar-refractivity contribution in [2.75, 3.05) is 0 Å². The Morgan fingerprint density at radius 1 is 1.06 bits per heavy atom. The minimum Gasteiger partial charge on any atom is -0.378 e. The van der Waals surface area contributed by atoms with E-state index in [1.165, 1.54) is 0 Å². The third-order valence-corrected chi connectivity index (χ3v) is 3.22. The Morgan fingerprint density at radius 3 is 2.38 bits per heavy atom. The van der Waals surface area contributed by atoms with Crippen LogP contribution in [-0.2, 0) is 0 Å². The molecule has 1 aromatic rings. The smallest absolute Gasteiger partial charge is 0.186 e. The minimum absolute atomic E-state index is 0.0216. The summed E-state index contributed by atoms with van der Waals surface area (Å²) in [5.41, 5.74) is 2.01. The van der Waals surface area contributed by atoms with Crippen LogP contribution in [0.2, 0.25) is 0 Å². The summed E-state index contributed by atoms with van der Waals surface area (Å²) in [6, 6.07) is 6.65. The summed E-state index contributed by atoms with van der Waals surface area (Å²) in [6.07, 6.45) is 1.85. The maximum Gasteiger partial charge on any atom is 0.186 e. The number of fused-ring (bicyclic) bond motifs is 2. The predicted molar refractivity (Wildman–Crippen MR) is 59.3 cm³/mol. The van der Waals surface area contributed by atoms with E-state index in [0.29, 0.717) is 11.1 Å². The van der Waals surface area contributed by atoms with Gasteiger partial charge in [-0.25, -0.2) is 0 Å². The van der Waals surface area contributed by atoms with Gasteiger partial charge >= 0.3 is 0 Å². The summed E-state index contributed by atoms with van der Waals surface area (Å²) in [4.78, 5) is 24.3. The first kappa shape index (κ1) is 9.33. The Hall–Kier alpha value is -1.90. The van der Waals surface area contributed by atoms with E-state index in [1.807, 2.05) is 13.0 Å². The molecule has 1 heterocycles. The highest BCUT2D eigenvalue weighted by atomic mass is 16.1. The zero-order valence-corrected chi connectivity index (χ0v) is 8.86. The molecule has 0 saturated carbocycles. The third kappa shape index (κ3) is 1.08. The van der Waals surface area contributed by atoms with Gasteiger partial charge in [0.25, 0.3) is 0 Å². The number of rotatable bonds is 0. The highest BCUT2D eigenvalue weighted by Crippen LogP contribution is 2.30. The lowest BCUT2D eigenvalue weighted by atomic mass is 9.79. The van der Waals surface area contributed by atoms with Gasteiger partial charge in [0.15, 0.2) is 11.6 Å². The number of benzene rings is 1. The number of Topliss-reactive ketones (excluding diaryl/α,β-unsaturated/α-hetero) is 2. The molecule has 0 radical (unpaired) electrons. The van der Waals surface area contributed by atoms with Crippen LogP contribution in [0.15, 0.2) is 36.0 Å². The van der Waals surface area contributed by atoms with E-state index in [1.54, 1.807) is 24.3 Å². The fraction of sp³-hybridized carbons (Fsp3) is 0.231. The number of carbonyl (C=O) groups is 2. The number of allylic oxidation sites excluding steroid dienone is 1. The molecule has 16 heavy (non-hydrogen) atoms. The fourth-order valence-corrected chi connectivity index (χ4v) is 2.46. The number of hydrogen-bond acceptors (Lipinski definition) is 3. The second-order valence-electron chi connectivity index (χ2n) is 4.27. The van der Waals surface area contributed by atoms with E-state index in [0.717, 1.165) is 5.70 Å². The van der Waals surface area contributed by atoms with Crippen LogP contribution in [0.1, 0.15) is 27.6 Å². The lowest BCUT2D eigenvalue weighted by molar-refractivity contribution is 0.0820. The molecule has 2 aliphatic rings. The standard InChI is InChI=1S/C13H11NO2/c1-7-6-10-11(14-7)13(16)9-5-3-2-4-8(9)12(10)15/h2-6,10-11,14H,1H3. The van der Waals surface area contributed by atoms with Gasteiger partial charge < -0.3 is 5.32 Å². The van der Waals surface area contributed by atoms with E-state index in [2.05, 4.69) is 5.32 Å². The van der Waals surface area contributed by atoms with Crippen molar-refractivity contribution in [1.82, 2.24) is 5.32 Å². The summed E-state index contributed by atoms with van der Waals surface area (Å²) in [6.45, 7) is 1.88. The molecule has 0 saturated heterocycles. The molecule has 80 valence electrons. The molecule has 0 fully saturated rings. The first-order chi connectivity index (χ1) is 7.68. The van der Waals surface area contributed by atoms with Gasteiger partial charge in [0, 0.05) is 16.8 Å². The Kier molecular flexibility index (Phi) is 1.78. The van der Waals surface area contributed by atoms with Crippen molar-refractivity contribution < 1.29 is 9.59 Å². The van der Waals surface area contributed by atoms with Crippen LogP contribution < -0.4 is 5.32 Å². The van der Waals surface area contributed by atoms with Gasteiger partial charge in [-0.3, -0.25) is 9.59 Å². The van der Waals surface area contributed by atoms with Crippen molar-refractivity contribution in [3.63, 3.8) is 0 Å². The predicted octanol–water partition coefficient (Wildman–Crippen LogP) is 1.56. The highest BCUT2D eigenvalue weighted by Gasteiger charge is 2.42. The van der Waals surface area contributed by atoms with E-state index >= 15 is 0 Å². The van der Waals surface area contributed by atoms with E-state index in [4.69, 9.17) is 0 Å². The van der Waals surface area contributed by atoms with E-state index in [9.17, 15) is 9.59 Å². The van der Waals surface area contributed by atoms with Crippen LogP contribution in [0, 0.1) is 5.92 Å². The highest BCUT2D eigenvalue weighted by molar-refractivity contribution is 6.18.